The Morgan fingerprint density at radius 3 is 2.21 bits per heavy atom. The Kier molecular flexibility index (Phi) is 10.2. The number of carbonyl (C=O) groups is 1. The minimum atomic E-state index is -0.690. The summed E-state index contributed by atoms with van der Waals surface area (Å²) in [5.41, 5.74) is 1.69. The number of methoxy groups -OCH3 is 1. The maximum atomic E-state index is 12.3. The Morgan fingerprint density at radius 2 is 1.59 bits per heavy atom. The van der Waals surface area contributed by atoms with Crippen LogP contribution in [0.5, 0.6) is 11.5 Å². The first-order valence-corrected chi connectivity index (χ1v) is 12.0. The monoisotopic (exact) mass is 474 g/mol. The lowest BCUT2D eigenvalue weighted by Gasteiger charge is -2.30. The molecule has 1 atom stereocenters. The molecule has 0 saturated carbocycles. The summed E-state index contributed by atoms with van der Waals surface area (Å²) in [5, 5.41) is 10.4. The Morgan fingerprint density at radius 1 is 0.941 bits per heavy atom. The van der Waals surface area contributed by atoms with Crippen molar-refractivity contribution in [1.29, 1.82) is 0 Å². The van der Waals surface area contributed by atoms with Crippen LogP contribution >= 0.6 is 0 Å². The average molecular weight is 475 g/mol. The van der Waals surface area contributed by atoms with Gasteiger partial charge < -0.3 is 29.0 Å². The summed E-state index contributed by atoms with van der Waals surface area (Å²) in [6.45, 7) is 9.36. The third kappa shape index (κ3) is 8.29. The molecule has 2 aromatic carbocycles. The summed E-state index contributed by atoms with van der Waals surface area (Å²) in [6, 6.07) is 15.0. The number of aliphatic hydroxyl groups excluding tert-OH is 1. The molecule has 0 amide bonds. The number of esters is 1. The first-order chi connectivity index (χ1) is 16.4. The van der Waals surface area contributed by atoms with Gasteiger partial charge in [-0.15, -0.1) is 0 Å². The molecule has 0 aromatic heterocycles. The van der Waals surface area contributed by atoms with Gasteiger partial charge in [0.25, 0.3) is 0 Å². The van der Waals surface area contributed by atoms with Crippen molar-refractivity contribution in [3.05, 3.63) is 54.1 Å². The predicted molar refractivity (Wildman–Crippen MR) is 128 cm³/mol. The molecule has 1 aliphatic rings. The van der Waals surface area contributed by atoms with Crippen LogP contribution in [0.1, 0.15) is 24.2 Å². The van der Waals surface area contributed by atoms with Crippen LogP contribution in [0.2, 0.25) is 0 Å². The molecule has 2 aromatic rings. The number of benzene rings is 2. The van der Waals surface area contributed by atoms with E-state index in [9.17, 15) is 9.90 Å². The lowest BCUT2D eigenvalue weighted by molar-refractivity contribution is -0.988. The minimum absolute atomic E-state index is 0.0117. The zero-order chi connectivity index (χ0) is 24.3. The number of aliphatic hydroxyl groups is 1. The molecule has 0 radical (unpaired) electrons. The average Bonchev–Trinajstić information content (AvgIpc) is 2.86. The smallest absolute Gasteiger partial charge is 0.338 e. The molecule has 34 heavy (non-hydrogen) atoms. The maximum Gasteiger partial charge on any atom is 0.338 e. The molecule has 3 N–H and O–H groups in total. The van der Waals surface area contributed by atoms with Crippen LogP contribution in [0.15, 0.2) is 48.5 Å². The minimum Gasteiger partial charge on any atom is -0.497 e. The van der Waals surface area contributed by atoms with Gasteiger partial charge in [0.05, 0.1) is 25.4 Å². The standard InChI is InChI=1S/C26H36N2O6/c1-20(2)32-16-17-33-25-8-4-21(5-9-25)26(30)34-19-23(29)18-27-12-14-28(15-13-27)22-6-10-24(31-3)11-7-22/h4-11,20,23,29H,12-19H2,1-3H3/p+2. The number of quaternary nitrogens is 2. The molecule has 0 spiro atoms. The summed E-state index contributed by atoms with van der Waals surface area (Å²) in [7, 11) is 1.67. The van der Waals surface area contributed by atoms with Gasteiger partial charge in [0.2, 0.25) is 0 Å². The summed E-state index contributed by atoms with van der Waals surface area (Å²) in [5.74, 6) is 1.09. The number of ether oxygens (including phenoxy) is 4. The molecule has 1 fully saturated rings. The highest BCUT2D eigenvalue weighted by Crippen LogP contribution is 2.13. The van der Waals surface area contributed by atoms with Gasteiger partial charge in [0.1, 0.15) is 69.2 Å². The molecule has 1 saturated heterocycles. The molecule has 3 rings (SSSR count). The van der Waals surface area contributed by atoms with Crippen molar-refractivity contribution in [3.8, 4) is 11.5 Å². The largest absolute Gasteiger partial charge is 0.497 e. The van der Waals surface area contributed by atoms with E-state index in [-0.39, 0.29) is 12.7 Å². The summed E-state index contributed by atoms with van der Waals surface area (Å²) >= 11 is 0. The SMILES string of the molecule is COc1ccc([NH+]2CC[NH+](CC(O)COC(=O)c3ccc(OCCOC(C)C)cc3)CC2)cc1. The number of hydrogen-bond acceptors (Lipinski definition) is 6. The maximum absolute atomic E-state index is 12.3. The third-order valence-electron chi connectivity index (χ3n) is 5.88. The van der Waals surface area contributed by atoms with E-state index in [1.807, 2.05) is 26.0 Å². The zero-order valence-corrected chi connectivity index (χ0v) is 20.4. The lowest BCUT2D eigenvalue weighted by atomic mass is 10.2. The summed E-state index contributed by atoms with van der Waals surface area (Å²) in [6.07, 6.45) is -0.521. The van der Waals surface area contributed by atoms with Gasteiger partial charge in [-0.25, -0.2) is 4.79 Å². The predicted octanol–water partition coefficient (Wildman–Crippen LogP) is 0.132. The number of nitrogens with one attached hydrogen (secondary N) is 2. The first kappa shape index (κ1) is 26.0. The third-order valence-corrected chi connectivity index (χ3v) is 5.88. The van der Waals surface area contributed by atoms with Crippen molar-refractivity contribution in [2.75, 3.05) is 59.7 Å². The van der Waals surface area contributed by atoms with Crippen molar-refractivity contribution in [3.63, 3.8) is 0 Å². The van der Waals surface area contributed by atoms with Gasteiger partial charge in [-0.2, -0.15) is 0 Å². The van der Waals surface area contributed by atoms with Crippen molar-refractivity contribution in [2.45, 2.75) is 26.1 Å². The fourth-order valence-corrected chi connectivity index (χ4v) is 4.00. The van der Waals surface area contributed by atoms with E-state index in [1.54, 1.807) is 31.4 Å². The van der Waals surface area contributed by atoms with E-state index in [0.29, 0.717) is 31.1 Å². The first-order valence-electron chi connectivity index (χ1n) is 12.0. The molecule has 8 nitrogen and oxygen atoms in total. The molecule has 1 aliphatic heterocycles. The van der Waals surface area contributed by atoms with Crippen LogP contribution in [-0.4, -0.2) is 82.9 Å². The molecule has 0 aliphatic carbocycles. The van der Waals surface area contributed by atoms with Crippen LogP contribution in [0.3, 0.4) is 0 Å². The van der Waals surface area contributed by atoms with Gasteiger partial charge in [-0.1, -0.05) is 0 Å². The quantitative estimate of drug-likeness (QED) is 0.300. The Bertz CT molecular complexity index is 864. The molecule has 1 heterocycles. The fraction of sp³-hybridized carbons (Fsp3) is 0.500. The number of piperazine rings is 1. The highest BCUT2D eigenvalue weighted by molar-refractivity contribution is 5.89. The Labute approximate surface area is 202 Å². The van der Waals surface area contributed by atoms with Gasteiger partial charge in [-0.3, -0.25) is 4.90 Å². The fourth-order valence-electron chi connectivity index (χ4n) is 4.00. The summed E-state index contributed by atoms with van der Waals surface area (Å²) < 4.78 is 21.6. The van der Waals surface area contributed by atoms with Gasteiger partial charge >= 0.3 is 5.97 Å². The Balaban J connectivity index is 1.34. The zero-order valence-electron chi connectivity index (χ0n) is 20.4. The van der Waals surface area contributed by atoms with E-state index >= 15 is 0 Å². The summed E-state index contributed by atoms with van der Waals surface area (Å²) in [4.78, 5) is 15.1. The highest BCUT2D eigenvalue weighted by atomic mass is 16.5. The normalized spacial score (nSPS) is 19.0. The van der Waals surface area contributed by atoms with Gasteiger partial charge in [0.15, 0.2) is 0 Å². The van der Waals surface area contributed by atoms with Crippen molar-refractivity contribution < 1.29 is 38.6 Å². The van der Waals surface area contributed by atoms with E-state index in [1.165, 1.54) is 15.5 Å². The number of hydrogen-bond donors (Lipinski definition) is 3. The molecule has 0 bridgehead atoms. The second-order valence-corrected chi connectivity index (χ2v) is 8.83. The number of rotatable bonds is 12. The van der Waals surface area contributed by atoms with Crippen molar-refractivity contribution in [2.24, 2.45) is 0 Å². The van der Waals surface area contributed by atoms with Crippen molar-refractivity contribution >= 4 is 11.7 Å². The van der Waals surface area contributed by atoms with Crippen LogP contribution < -0.4 is 19.3 Å². The van der Waals surface area contributed by atoms with E-state index in [2.05, 4.69) is 12.1 Å². The molecule has 8 heteroatoms. The van der Waals surface area contributed by atoms with E-state index < -0.39 is 12.1 Å². The molecule has 1 unspecified atom stereocenters. The van der Waals surface area contributed by atoms with Gasteiger partial charge in [0, 0.05) is 12.1 Å². The van der Waals surface area contributed by atoms with Crippen LogP contribution in [0.25, 0.3) is 0 Å². The van der Waals surface area contributed by atoms with Crippen LogP contribution in [-0.2, 0) is 9.47 Å². The molecular formula is C26H38N2O6+2. The van der Waals surface area contributed by atoms with E-state index in [4.69, 9.17) is 18.9 Å². The molecular weight excluding hydrogens is 436 g/mol. The Hall–Kier alpha value is -2.65. The van der Waals surface area contributed by atoms with Crippen LogP contribution in [0, 0.1) is 0 Å². The second kappa shape index (κ2) is 13.3. The lowest BCUT2D eigenvalue weighted by Crippen LogP contribution is -3.26. The van der Waals surface area contributed by atoms with Crippen molar-refractivity contribution in [1.82, 2.24) is 0 Å². The van der Waals surface area contributed by atoms with Gasteiger partial charge in [-0.05, 0) is 50.2 Å². The number of carbonyl (C=O) groups excluding carboxylic acids is 1. The topological polar surface area (TPSA) is 83.1 Å². The van der Waals surface area contributed by atoms with E-state index in [0.717, 1.165) is 31.9 Å². The second-order valence-electron chi connectivity index (χ2n) is 8.83. The highest BCUT2D eigenvalue weighted by Gasteiger charge is 2.26. The van der Waals surface area contributed by atoms with Crippen LogP contribution in [0.4, 0.5) is 5.69 Å². The molecule has 186 valence electrons.